The van der Waals surface area contributed by atoms with Gasteiger partial charge in [-0.05, 0) is 19.0 Å². The van der Waals surface area contributed by atoms with Gasteiger partial charge in [-0.15, -0.1) is 0 Å². The van der Waals surface area contributed by atoms with Crippen molar-refractivity contribution < 1.29 is 18.7 Å². The van der Waals surface area contributed by atoms with Crippen LogP contribution >= 0.6 is 0 Å². The third-order valence-electron chi connectivity index (χ3n) is 2.32. The third-order valence-corrected chi connectivity index (χ3v) is 2.32. The van der Waals surface area contributed by atoms with Gasteiger partial charge in [-0.3, -0.25) is 4.79 Å². The SMILES string of the molecule is CN[C@@H](Cc1ccc(C(F)F)cc1)C(=O)O. The first-order chi connectivity index (χ1) is 7.54. The van der Waals surface area contributed by atoms with E-state index in [1.807, 2.05) is 0 Å². The molecule has 0 aliphatic rings. The second kappa shape index (κ2) is 5.55. The highest BCUT2D eigenvalue weighted by atomic mass is 19.3. The fraction of sp³-hybridized carbons (Fsp3) is 0.364. The van der Waals surface area contributed by atoms with Crippen molar-refractivity contribution in [1.29, 1.82) is 0 Å². The molecule has 88 valence electrons. The van der Waals surface area contributed by atoms with E-state index in [4.69, 9.17) is 5.11 Å². The number of benzene rings is 1. The molecule has 2 N–H and O–H groups in total. The summed E-state index contributed by atoms with van der Waals surface area (Å²) in [6.45, 7) is 0. The van der Waals surface area contributed by atoms with Gasteiger partial charge in [-0.25, -0.2) is 8.78 Å². The quantitative estimate of drug-likeness (QED) is 0.810. The van der Waals surface area contributed by atoms with E-state index in [-0.39, 0.29) is 12.0 Å². The van der Waals surface area contributed by atoms with Crippen molar-refractivity contribution in [1.82, 2.24) is 5.32 Å². The highest BCUT2D eigenvalue weighted by molar-refractivity contribution is 5.73. The molecule has 0 aliphatic carbocycles. The minimum atomic E-state index is -2.49. The Morgan fingerprint density at radius 3 is 2.31 bits per heavy atom. The van der Waals surface area contributed by atoms with Crippen LogP contribution in [0.4, 0.5) is 8.78 Å². The number of carboxylic acid groups (broad SMARTS) is 1. The number of aliphatic carboxylic acids is 1. The number of hydrogen-bond donors (Lipinski definition) is 2. The maximum atomic E-state index is 12.2. The van der Waals surface area contributed by atoms with Gasteiger partial charge in [-0.2, -0.15) is 0 Å². The smallest absolute Gasteiger partial charge is 0.321 e. The van der Waals surface area contributed by atoms with E-state index in [1.165, 1.54) is 24.3 Å². The van der Waals surface area contributed by atoms with E-state index < -0.39 is 18.4 Å². The molecule has 1 aromatic carbocycles. The van der Waals surface area contributed by atoms with Crippen molar-refractivity contribution in [3.05, 3.63) is 35.4 Å². The van der Waals surface area contributed by atoms with Crippen LogP contribution in [-0.2, 0) is 11.2 Å². The van der Waals surface area contributed by atoms with Crippen LogP contribution in [0, 0.1) is 0 Å². The first kappa shape index (κ1) is 12.6. The van der Waals surface area contributed by atoms with E-state index >= 15 is 0 Å². The summed E-state index contributed by atoms with van der Waals surface area (Å²) in [5, 5.41) is 11.4. The van der Waals surface area contributed by atoms with Crippen molar-refractivity contribution in [3.8, 4) is 0 Å². The fourth-order valence-electron chi connectivity index (χ4n) is 1.35. The molecule has 0 heterocycles. The Morgan fingerprint density at radius 2 is 1.94 bits per heavy atom. The summed E-state index contributed by atoms with van der Waals surface area (Å²) in [6.07, 6.45) is -2.22. The zero-order valence-electron chi connectivity index (χ0n) is 8.78. The first-order valence-electron chi connectivity index (χ1n) is 4.81. The molecule has 0 saturated heterocycles. The Kier molecular flexibility index (Phi) is 4.37. The molecule has 16 heavy (non-hydrogen) atoms. The average molecular weight is 229 g/mol. The number of hydrogen-bond acceptors (Lipinski definition) is 2. The highest BCUT2D eigenvalue weighted by Crippen LogP contribution is 2.19. The lowest BCUT2D eigenvalue weighted by atomic mass is 10.0. The maximum Gasteiger partial charge on any atom is 0.321 e. The average Bonchev–Trinajstić information content (AvgIpc) is 2.26. The topological polar surface area (TPSA) is 49.3 Å². The van der Waals surface area contributed by atoms with Gasteiger partial charge in [-0.1, -0.05) is 24.3 Å². The lowest BCUT2D eigenvalue weighted by Gasteiger charge is -2.11. The van der Waals surface area contributed by atoms with Gasteiger partial charge in [0.25, 0.3) is 6.43 Å². The molecule has 0 aromatic heterocycles. The number of carboxylic acids is 1. The van der Waals surface area contributed by atoms with Gasteiger partial charge in [0.15, 0.2) is 0 Å². The number of likely N-dealkylation sites (N-methyl/N-ethyl adjacent to an activating group) is 1. The number of rotatable bonds is 5. The molecule has 1 rings (SSSR count). The molecule has 5 heteroatoms. The second-order valence-electron chi connectivity index (χ2n) is 3.43. The molecule has 0 spiro atoms. The van der Waals surface area contributed by atoms with Gasteiger partial charge < -0.3 is 10.4 Å². The molecule has 0 amide bonds. The molecule has 0 radical (unpaired) electrons. The summed E-state index contributed by atoms with van der Waals surface area (Å²) in [5.41, 5.74) is 0.659. The lowest BCUT2D eigenvalue weighted by molar-refractivity contribution is -0.139. The monoisotopic (exact) mass is 229 g/mol. The van der Waals surface area contributed by atoms with Crippen molar-refractivity contribution in [2.75, 3.05) is 7.05 Å². The molecular formula is C11H13F2NO2. The van der Waals surface area contributed by atoms with Crippen molar-refractivity contribution >= 4 is 5.97 Å². The Labute approximate surface area is 92.1 Å². The minimum Gasteiger partial charge on any atom is -0.480 e. The Balaban J connectivity index is 2.71. The predicted molar refractivity (Wildman–Crippen MR) is 55.6 cm³/mol. The Hall–Kier alpha value is -1.49. The largest absolute Gasteiger partial charge is 0.480 e. The van der Waals surface area contributed by atoms with E-state index in [0.29, 0.717) is 5.56 Å². The zero-order chi connectivity index (χ0) is 12.1. The zero-order valence-corrected chi connectivity index (χ0v) is 8.78. The lowest BCUT2D eigenvalue weighted by Crippen LogP contribution is -2.35. The van der Waals surface area contributed by atoms with Crippen molar-refractivity contribution in [2.45, 2.75) is 18.9 Å². The number of alkyl halides is 2. The third kappa shape index (κ3) is 3.27. The summed E-state index contributed by atoms with van der Waals surface area (Å²) in [6, 6.07) is 4.98. The summed E-state index contributed by atoms with van der Waals surface area (Å²) < 4.78 is 24.5. The van der Waals surface area contributed by atoms with Crippen LogP contribution in [0.1, 0.15) is 17.6 Å². The van der Waals surface area contributed by atoms with Gasteiger partial charge in [0, 0.05) is 5.56 Å². The first-order valence-corrected chi connectivity index (χ1v) is 4.81. The molecule has 0 fully saturated rings. The summed E-state index contributed by atoms with van der Waals surface area (Å²) >= 11 is 0. The predicted octanol–water partition coefficient (Wildman–Crippen LogP) is 1.84. The maximum absolute atomic E-state index is 12.2. The summed E-state index contributed by atoms with van der Waals surface area (Å²) in [7, 11) is 1.55. The molecule has 0 saturated carbocycles. The van der Waals surface area contributed by atoms with E-state index in [9.17, 15) is 13.6 Å². The minimum absolute atomic E-state index is 0.0555. The fourth-order valence-corrected chi connectivity index (χ4v) is 1.35. The van der Waals surface area contributed by atoms with Crippen LogP contribution < -0.4 is 5.32 Å². The number of nitrogens with one attached hydrogen (secondary N) is 1. The Morgan fingerprint density at radius 1 is 1.38 bits per heavy atom. The van der Waals surface area contributed by atoms with Crippen LogP contribution in [0.2, 0.25) is 0 Å². The van der Waals surface area contributed by atoms with Crippen LogP contribution in [0.5, 0.6) is 0 Å². The van der Waals surface area contributed by atoms with Crippen LogP contribution in [0.15, 0.2) is 24.3 Å². The van der Waals surface area contributed by atoms with Gasteiger partial charge >= 0.3 is 5.97 Å². The van der Waals surface area contributed by atoms with Crippen LogP contribution in [0.3, 0.4) is 0 Å². The van der Waals surface area contributed by atoms with Crippen molar-refractivity contribution in [2.24, 2.45) is 0 Å². The van der Waals surface area contributed by atoms with E-state index in [0.717, 1.165) is 0 Å². The molecule has 3 nitrogen and oxygen atoms in total. The summed E-state index contributed by atoms with van der Waals surface area (Å²) in [5.74, 6) is -0.958. The van der Waals surface area contributed by atoms with Gasteiger partial charge in [0.05, 0.1) is 0 Å². The molecule has 1 atom stereocenters. The molecule has 0 bridgehead atoms. The van der Waals surface area contributed by atoms with Gasteiger partial charge in [0.1, 0.15) is 6.04 Å². The summed E-state index contributed by atoms with van der Waals surface area (Å²) in [4.78, 5) is 10.7. The normalized spacial score (nSPS) is 12.8. The molecule has 0 aliphatic heterocycles. The van der Waals surface area contributed by atoms with Gasteiger partial charge in [0.2, 0.25) is 0 Å². The molecule has 1 aromatic rings. The number of carbonyl (C=O) groups is 1. The highest BCUT2D eigenvalue weighted by Gasteiger charge is 2.15. The van der Waals surface area contributed by atoms with E-state index in [1.54, 1.807) is 7.05 Å². The standard InChI is InChI=1S/C11H13F2NO2/c1-14-9(11(15)16)6-7-2-4-8(5-3-7)10(12)13/h2-5,9-10,14H,6H2,1H3,(H,15,16)/t9-/m0/s1. The molecule has 0 unspecified atom stereocenters. The second-order valence-corrected chi connectivity index (χ2v) is 3.43. The van der Waals surface area contributed by atoms with Crippen molar-refractivity contribution in [3.63, 3.8) is 0 Å². The number of halogens is 2. The molecular weight excluding hydrogens is 216 g/mol. The Bertz CT molecular complexity index is 352. The van der Waals surface area contributed by atoms with E-state index in [2.05, 4.69) is 5.32 Å². The van der Waals surface area contributed by atoms with Crippen LogP contribution in [-0.4, -0.2) is 24.2 Å². The van der Waals surface area contributed by atoms with Crippen LogP contribution in [0.25, 0.3) is 0 Å².